The third-order valence-corrected chi connectivity index (χ3v) is 4.51. The molecule has 1 aliphatic carbocycles. The number of nitrogens with zero attached hydrogens (tertiary/aromatic N) is 4. The van der Waals surface area contributed by atoms with E-state index in [1.54, 1.807) is 0 Å². The smallest absolute Gasteiger partial charge is 0.243 e. The highest BCUT2D eigenvalue weighted by Crippen LogP contribution is 2.23. The second-order valence-electron chi connectivity index (χ2n) is 6.45. The van der Waals surface area contributed by atoms with E-state index in [-0.39, 0.29) is 18.5 Å². The first-order chi connectivity index (χ1) is 11.1. The van der Waals surface area contributed by atoms with Crippen molar-refractivity contribution in [2.24, 2.45) is 5.92 Å². The Morgan fingerprint density at radius 3 is 2.74 bits per heavy atom. The molecule has 0 aliphatic heterocycles. The van der Waals surface area contributed by atoms with Gasteiger partial charge in [-0.15, -0.1) is 10.2 Å². The van der Waals surface area contributed by atoms with Crippen molar-refractivity contribution in [3.05, 3.63) is 29.8 Å². The maximum absolute atomic E-state index is 12.2. The molecule has 1 fully saturated rings. The van der Waals surface area contributed by atoms with Crippen LogP contribution >= 0.6 is 0 Å². The van der Waals surface area contributed by atoms with Gasteiger partial charge in [0.25, 0.3) is 0 Å². The number of aryl methyl sites for hydroxylation is 1. The van der Waals surface area contributed by atoms with Crippen LogP contribution in [0.5, 0.6) is 0 Å². The number of tetrazole rings is 1. The van der Waals surface area contributed by atoms with Gasteiger partial charge in [0.05, 0.1) is 0 Å². The minimum absolute atomic E-state index is 0.0448. The van der Waals surface area contributed by atoms with E-state index in [4.69, 9.17) is 0 Å². The Balaban J connectivity index is 1.60. The van der Waals surface area contributed by atoms with Crippen molar-refractivity contribution in [2.75, 3.05) is 0 Å². The lowest BCUT2D eigenvalue weighted by Crippen LogP contribution is -2.42. The van der Waals surface area contributed by atoms with Gasteiger partial charge in [0, 0.05) is 11.6 Å². The molecule has 3 rings (SSSR count). The summed E-state index contributed by atoms with van der Waals surface area (Å²) in [6.45, 7) is 4.35. The molecule has 1 aromatic carbocycles. The number of aromatic nitrogens is 4. The molecule has 1 aliphatic rings. The molecular weight excluding hydrogens is 290 g/mol. The first kappa shape index (κ1) is 15.6. The van der Waals surface area contributed by atoms with E-state index in [0.29, 0.717) is 11.7 Å². The van der Waals surface area contributed by atoms with Crippen LogP contribution in [0.25, 0.3) is 11.4 Å². The largest absolute Gasteiger partial charge is 0.351 e. The molecule has 0 unspecified atom stereocenters. The standard InChI is InChI=1S/C17H23N5O/c1-12-7-9-14(10-8-12)17-19-21-22(20-17)11-16(23)18-15-6-4-3-5-13(15)2/h7-10,13,15H,3-6,11H2,1-2H3,(H,18,23)/t13-,15+/m0/s1. The molecule has 0 spiro atoms. The highest BCUT2D eigenvalue weighted by atomic mass is 16.2. The van der Waals surface area contributed by atoms with E-state index in [0.717, 1.165) is 12.0 Å². The molecule has 1 aromatic heterocycles. The Hall–Kier alpha value is -2.24. The van der Waals surface area contributed by atoms with Gasteiger partial charge in [-0.2, -0.15) is 4.80 Å². The summed E-state index contributed by atoms with van der Waals surface area (Å²) in [4.78, 5) is 13.5. The number of hydrogen-bond donors (Lipinski definition) is 1. The van der Waals surface area contributed by atoms with E-state index < -0.39 is 0 Å². The van der Waals surface area contributed by atoms with Crippen LogP contribution in [0.4, 0.5) is 0 Å². The molecule has 0 radical (unpaired) electrons. The summed E-state index contributed by atoms with van der Waals surface area (Å²) in [5.41, 5.74) is 2.09. The third kappa shape index (κ3) is 3.94. The molecule has 0 bridgehead atoms. The molecule has 23 heavy (non-hydrogen) atoms. The molecule has 1 N–H and O–H groups in total. The molecule has 2 aromatic rings. The summed E-state index contributed by atoms with van der Waals surface area (Å²) in [6.07, 6.45) is 4.70. The zero-order valence-corrected chi connectivity index (χ0v) is 13.7. The number of hydrogen-bond acceptors (Lipinski definition) is 4. The number of amides is 1. The van der Waals surface area contributed by atoms with Crippen molar-refractivity contribution in [3.8, 4) is 11.4 Å². The van der Waals surface area contributed by atoms with Crippen LogP contribution in [0.2, 0.25) is 0 Å². The molecule has 0 saturated heterocycles. The number of nitrogens with one attached hydrogen (secondary N) is 1. The normalized spacial score (nSPS) is 21.1. The summed E-state index contributed by atoms with van der Waals surface area (Å²) in [7, 11) is 0. The Labute approximate surface area is 136 Å². The first-order valence-electron chi connectivity index (χ1n) is 8.26. The lowest BCUT2D eigenvalue weighted by molar-refractivity contribution is -0.123. The zero-order chi connectivity index (χ0) is 16.2. The van der Waals surface area contributed by atoms with E-state index in [1.165, 1.54) is 29.6 Å². The maximum Gasteiger partial charge on any atom is 0.243 e. The Morgan fingerprint density at radius 2 is 2.00 bits per heavy atom. The lowest BCUT2D eigenvalue weighted by Gasteiger charge is -2.29. The van der Waals surface area contributed by atoms with Crippen LogP contribution in [0.15, 0.2) is 24.3 Å². The van der Waals surface area contributed by atoms with Crippen LogP contribution in [0.1, 0.15) is 38.2 Å². The number of rotatable bonds is 4. The van der Waals surface area contributed by atoms with Gasteiger partial charge in [-0.1, -0.05) is 49.6 Å². The average Bonchev–Trinajstić information content (AvgIpc) is 2.98. The Kier molecular flexibility index (Phi) is 4.69. The fraction of sp³-hybridized carbons (Fsp3) is 0.529. The highest BCUT2D eigenvalue weighted by molar-refractivity contribution is 5.75. The van der Waals surface area contributed by atoms with Gasteiger partial charge in [0.1, 0.15) is 6.54 Å². The molecule has 6 heteroatoms. The fourth-order valence-electron chi connectivity index (χ4n) is 3.04. The van der Waals surface area contributed by atoms with Crippen LogP contribution < -0.4 is 5.32 Å². The van der Waals surface area contributed by atoms with Crippen LogP contribution in [-0.4, -0.2) is 32.2 Å². The summed E-state index contributed by atoms with van der Waals surface area (Å²) < 4.78 is 0. The molecule has 1 heterocycles. The topological polar surface area (TPSA) is 72.7 Å². The van der Waals surface area contributed by atoms with Crippen molar-refractivity contribution in [1.29, 1.82) is 0 Å². The SMILES string of the molecule is Cc1ccc(-c2nnn(CC(=O)N[C@@H]3CCCC[C@@H]3C)n2)cc1. The quantitative estimate of drug-likeness (QED) is 0.940. The van der Waals surface area contributed by atoms with Crippen molar-refractivity contribution in [3.63, 3.8) is 0 Å². The van der Waals surface area contributed by atoms with Crippen molar-refractivity contribution in [2.45, 2.75) is 52.1 Å². The van der Waals surface area contributed by atoms with E-state index in [2.05, 4.69) is 27.7 Å². The second-order valence-corrected chi connectivity index (χ2v) is 6.45. The van der Waals surface area contributed by atoms with Crippen LogP contribution in [-0.2, 0) is 11.3 Å². The third-order valence-electron chi connectivity index (χ3n) is 4.51. The molecule has 2 atom stereocenters. The van der Waals surface area contributed by atoms with Crippen molar-refractivity contribution in [1.82, 2.24) is 25.5 Å². The molecule has 6 nitrogen and oxygen atoms in total. The average molecular weight is 313 g/mol. The van der Waals surface area contributed by atoms with Gasteiger partial charge in [-0.05, 0) is 30.9 Å². The van der Waals surface area contributed by atoms with Gasteiger partial charge in [0.15, 0.2) is 0 Å². The molecule has 1 amide bonds. The van der Waals surface area contributed by atoms with Crippen LogP contribution in [0, 0.1) is 12.8 Å². The van der Waals surface area contributed by atoms with Crippen molar-refractivity contribution < 1.29 is 4.79 Å². The summed E-state index contributed by atoms with van der Waals surface area (Å²) in [5.74, 6) is 1.04. The first-order valence-corrected chi connectivity index (χ1v) is 8.26. The summed E-state index contributed by atoms with van der Waals surface area (Å²) in [6, 6.07) is 8.21. The number of carbonyl (C=O) groups excluding carboxylic acids is 1. The predicted octanol–water partition coefficient (Wildman–Crippen LogP) is 2.34. The number of benzene rings is 1. The fourth-order valence-corrected chi connectivity index (χ4v) is 3.04. The lowest BCUT2D eigenvalue weighted by atomic mass is 9.86. The van der Waals surface area contributed by atoms with Gasteiger partial charge >= 0.3 is 0 Å². The number of carbonyl (C=O) groups is 1. The second kappa shape index (κ2) is 6.89. The zero-order valence-electron chi connectivity index (χ0n) is 13.7. The highest BCUT2D eigenvalue weighted by Gasteiger charge is 2.23. The summed E-state index contributed by atoms with van der Waals surface area (Å²) in [5, 5.41) is 15.4. The molecule has 1 saturated carbocycles. The van der Waals surface area contributed by atoms with Crippen molar-refractivity contribution >= 4 is 5.91 Å². The minimum atomic E-state index is -0.0448. The Bertz CT molecular complexity index is 664. The summed E-state index contributed by atoms with van der Waals surface area (Å²) >= 11 is 0. The van der Waals surface area contributed by atoms with Gasteiger partial charge in [-0.3, -0.25) is 4.79 Å². The van der Waals surface area contributed by atoms with Gasteiger partial charge < -0.3 is 5.32 Å². The molecule has 122 valence electrons. The van der Waals surface area contributed by atoms with E-state index >= 15 is 0 Å². The van der Waals surface area contributed by atoms with E-state index in [1.807, 2.05) is 31.2 Å². The maximum atomic E-state index is 12.2. The Morgan fingerprint density at radius 1 is 1.26 bits per heavy atom. The minimum Gasteiger partial charge on any atom is -0.351 e. The predicted molar refractivity (Wildman–Crippen MR) is 87.6 cm³/mol. The molecular formula is C17H23N5O. The van der Waals surface area contributed by atoms with Gasteiger partial charge in [-0.25, -0.2) is 0 Å². The van der Waals surface area contributed by atoms with Gasteiger partial charge in [0.2, 0.25) is 11.7 Å². The van der Waals surface area contributed by atoms with E-state index in [9.17, 15) is 4.79 Å². The monoisotopic (exact) mass is 313 g/mol. The van der Waals surface area contributed by atoms with Crippen LogP contribution in [0.3, 0.4) is 0 Å².